The minimum absolute atomic E-state index is 0.270. The van der Waals surface area contributed by atoms with Crippen LogP contribution < -0.4 is 0 Å². The lowest BCUT2D eigenvalue weighted by Crippen LogP contribution is -2.10. The predicted molar refractivity (Wildman–Crippen MR) is 49.0 cm³/mol. The zero-order valence-corrected chi connectivity index (χ0v) is 8.17. The van der Waals surface area contributed by atoms with Crippen molar-refractivity contribution < 1.29 is 13.6 Å². The van der Waals surface area contributed by atoms with Gasteiger partial charge in [0.25, 0.3) is 6.43 Å². The summed E-state index contributed by atoms with van der Waals surface area (Å²) in [6.45, 7) is 0. The van der Waals surface area contributed by atoms with Gasteiger partial charge in [0.05, 0.1) is 0 Å². The molecular weight excluding hydrogens is 242 g/mol. The van der Waals surface area contributed by atoms with Gasteiger partial charge in [-0.3, -0.25) is 0 Å². The second-order valence-corrected chi connectivity index (χ2v) is 3.47. The van der Waals surface area contributed by atoms with E-state index in [9.17, 15) is 13.6 Å². The highest BCUT2D eigenvalue weighted by molar-refractivity contribution is 9.10. The van der Waals surface area contributed by atoms with Crippen LogP contribution in [0.4, 0.5) is 8.78 Å². The van der Waals surface area contributed by atoms with Gasteiger partial charge >= 0.3 is 0 Å². The van der Waals surface area contributed by atoms with E-state index in [1.807, 2.05) is 0 Å². The van der Waals surface area contributed by atoms with E-state index in [1.165, 1.54) is 12.1 Å². The van der Waals surface area contributed by atoms with Gasteiger partial charge in [0.2, 0.25) is 0 Å². The van der Waals surface area contributed by atoms with E-state index in [1.54, 1.807) is 12.1 Å². The monoisotopic (exact) mass is 248 g/mol. The van der Waals surface area contributed by atoms with Crippen LogP contribution in [0, 0.1) is 0 Å². The minimum Gasteiger partial charge on any atom is -0.302 e. The molecule has 0 aliphatic carbocycles. The third-order valence-corrected chi connectivity index (χ3v) is 2.14. The Morgan fingerprint density at radius 2 is 2.08 bits per heavy atom. The SMILES string of the molecule is O=CC(c1cccc(Br)c1)C(F)F. The molecule has 1 nitrogen and oxygen atoms in total. The standard InChI is InChI=1S/C9H7BrF2O/c10-7-3-1-2-6(4-7)8(5-13)9(11)12/h1-5,8-9H. The first kappa shape index (κ1) is 10.3. The van der Waals surface area contributed by atoms with Crippen LogP contribution in [0.2, 0.25) is 0 Å². The minimum atomic E-state index is -2.65. The van der Waals surface area contributed by atoms with Crippen molar-refractivity contribution in [3.05, 3.63) is 34.3 Å². The van der Waals surface area contributed by atoms with Crippen molar-refractivity contribution in [2.75, 3.05) is 0 Å². The van der Waals surface area contributed by atoms with Gasteiger partial charge in [0.15, 0.2) is 0 Å². The molecule has 1 rings (SSSR count). The summed E-state index contributed by atoms with van der Waals surface area (Å²) in [6.07, 6.45) is -2.38. The van der Waals surface area contributed by atoms with Crippen LogP contribution in [0.3, 0.4) is 0 Å². The van der Waals surface area contributed by atoms with E-state index < -0.39 is 12.3 Å². The van der Waals surface area contributed by atoms with Crippen molar-refractivity contribution in [3.8, 4) is 0 Å². The van der Waals surface area contributed by atoms with Crippen LogP contribution in [-0.2, 0) is 4.79 Å². The molecule has 0 saturated heterocycles. The Hall–Kier alpha value is -0.770. The molecule has 0 spiro atoms. The molecule has 0 aliphatic rings. The molecule has 13 heavy (non-hydrogen) atoms. The van der Waals surface area contributed by atoms with E-state index in [2.05, 4.69) is 15.9 Å². The maximum absolute atomic E-state index is 12.3. The molecule has 1 aromatic rings. The maximum Gasteiger partial charge on any atom is 0.252 e. The first-order chi connectivity index (χ1) is 6.15. The molecule has 1 unspecified atom stereocenters. The van der Waals surface area contributed by atoms with E-state index in [-0.39, 0.29) is 6.29 Å². The maximum atomic E-state index is 12.3. The normalized spacial score (nSPS) is 12.9. The van der Waals surface area contributed by atoms with Crippen LogP contribution >= 0.6 is 15.9 Å². The summed E-state index contributed by atoms with van der Waals surface area (Å²) in [7, 11) is 0. The van der Waals surface area contributed by atoms with Gasteiger partial charge in [0.1, 0.15) is 12.2 Å². The van der Waals surface area contributed by atoms with Crippen LogP contribution in [0.15, 0.2) is 28.7 Å². The summed E-state index contributed by atoms with van der Waals surface area (Å²) in [5.41, 5.74) is 0.333. The summed E-state index contributed by atoms with van der Waals surface area (Å²) in [4.78, 5) is 10.4. The van der Waals surface area contributed by atoms with E-state index >= 15 is 0 Å². The number of rotatable bonds is 3. The molecule has 70 valence electrons. The topological polar surface area (TPSA) is 17.1 Å². The van der Waals surface area contributed by atoms with Crippen molar-refractivity contribution in [3.63, 3.8) is 0 Å². The van der Waals surface area contributed by atoms with Gasteiger partial charge in [-0.05, 0) is 17.7 Å². The molecule has 0 radical (unpaired) electrons. The third kappa shape index (κ3) is 2.59. The molecule has 0 N–H and O–H groups in total. The van der Waals surface area contributed by atoms with Gasteiger partial charge in [-0.15, -0.1) is 0 Å². The quantitative estimate of drug-likeness (QED) is 0.752. The molecular formula is C9H7BrF2O. The second-order valence-electron chi connectivity index (χ2n) is 2.55. The highest BCUT2D eigenvalue weighted by atomic mass is 79.9. The fraction of sp³-hybridized carbons (Fsp3) is 0.222. The van der Waals surface area contributed by atoms with Crippen molar-refractivity contribution in [1.29, 1.82) is 0 Å². The zero-order valence-electron chi connectivity index (χ0n) is 6.58. The zero-order chi connectivity index (χ0) is 9.84. The lowest BCUT2D eigenvalue weighted by atomic mass is 10.0. The Labute approximate surface area is 82.9 Å². The largest absolute Gasteiger partial charge is 0.302 e. The number of aldehydes is 1. The van der Waals surface area contributed by atoms with Crippen molar-refractivity contribution >= 4 is 22.2 Å². The van der Waals surface area contributed by atoms with E-state index in [0.29, 0.717) is 10.0 Å². The average molecular weight is 249 g/mol. The van der Waals surface area contributed by atoms with E-state index in [4.69, 9.17) is 0 Å². The van der Waals surface area contributed by atoms with Crippen LogP contribution in [0.1, 0.15) is 11.5 Å². The van der Waals surface area contributed by atoms with Gasteiger partial charge in [0, 0.05) is 4.47 Å². The molecule has 0 saturated carbocycles. The Morgan fingerprint density at radius 1 is 1.38 bits per heavy atom. The number of carbonyl (C=O) groups is 1. The molecule has 4 heteroatoms. The summed E-state index contributed by atoms with van der Waals surface area (Å²) >= 11 is 3.15. The molecule has 0 fully saturated rings. The first-order valence-electron chi connectivity index (χ1n) is 3.64. The van der Waals surface area contributed by atoms with Crippen molar-refractivity contribution in [2.24, 2.45) is 0 Å². The lowest BCUT2D eigenvalue weighted by molar-refractivity contribution is -0.111. The number of carbonyl (C=O) groups excluding carboxylic acids is 1. The molecule has 1 atom stereocenters. The lowest BCUT2D eigenvalue weighted by Gasteiger charge is -2.08. The smallest absolute Gasteiger partial charge is 0.252 e. The predicted octanol–water partition coefficient (Wildman–Crippen LogP) is 3.00. The fourth-order valence-electron chi connectivity index (χ4n) is 0.997. The highest BCUT2D eigenvalue weighted by Crippen LogP contribution is 2.23. The van der Waals surface area contributed by atoms with Crippen molar-refractivity contribution in [2.45, 2.75) is 12.3 Å². The average Bonchev–Trinajstić information content (AvgIpc) is 2.04. The van der Waals surface area contributed by atoms with Crippen LogP contribution in [-0.4, -0.2) is 12.7 Å². The molecule has 0 bridgehead atoms. The van der Waals surface area contributed by atoms with E-state index in [0.717, 1.165) is 0 Å². The Kier molecular flexibility index (Phi) is 3.54. The number of benzene rings is 1. The third-order valence-electron chi connectivity index (χ3n) is 1.65. The number of hydrogen-bond acceptors (Lipinski definition) is 1. The Bertz CT molecular complexity index is 301. The summed E-state index contributed by atoms with van der Waals surface area (Å²) in [6, 6.07) is 6.37. The summed E-state index contributed by atoms with van der Waals surface area (Å²) < 4.78 is 25.2. The Morgan fingerprint density at radius 3 is 2.54 bits per heavy atom. The highest BCUT2D eigenvalue weighted by Gasteiger charge is 2.21. The molecule has 0 aromatic heterocycles. The number of alkyl halides is 2. The van der Waals surface area contributed by atoms with Gasteiger partial charge in [-0.1, -0.05) is 28.1 Å². The molecule has 0 amide bonds. The Balaban J connectivity index is 2.98. The van der Waals surface area contributed by atoms with Gasteiger partial charge in [-0.25, -0.2) is 8.78 Å². The number of hydrogen-bond donors (Lipinski definition) is 0. The first-order valence-corrected chi connectivity index (χ1v) is 4.43. The van der Waals surface area contributed by atoms with Crippen LogP contribution in [0.5, 0.6) is 0 Å². The fourth-order valence-corrected chi connectivity index (χ4v) is 1.41. The summed E-state index contributed by atoms with van der Waals surface area (Å²) in [5, 5.41) is 0. The molecule has 1 aromatic carbocycles. The van der Waals surface area contributed by atoms with Crippen molar-refractivity contribution in [1.82, 2.24) is 0 Å². The van der Waals surface area contributed by atoms with Crippen LogP contribution in [0.25, 0.3) is 0 Å². The van der Waals surface area contributed by atoms with Gasteiger partial charge in [-0.2, -0.15) is 0 Å². The summed E-state index contributed by atoms with van der Waals surface area (Å²) in [5.74, 6) is -1.32. The number of halogens is 3. The molecule has 0 heterocycles. The second kappa shape index (κ2) is 4.46. The molecule has 0 aliphatic heterocycles. The van der Waals surface area contributed by atoms with Gasteiger partial charge < -0.3 is 4.79 Å².